The summed E-state index contributed by atoms with van der Waals surface area (Å²) in [5, 5.41) is 0. The summed E-state index contributed by atoms with van der Waals surface area (Å²) in [6.07, 6.45) is 3.80. The molecule has 2 aliphatic carbocycles. The fourth-order valence-electron chi connectivity index (χ4n) is 2.81. The van der Waals surface area contributed by atoms with Gasteiger partial charge in [0, 0.05) is 12.0 Å². The predicted octanol–water partition coefficient (Wildman–Crippen LogP) is 3.14. The second kappa shape index (κ2) is 2.69. The molecule has 0 amide bonds. The maximum Gasteiger partial charge on any atom is 0.163 e. The first-order chi connectivity index (χ1) is 7.12. The molecule has 1 spiro atoms. The Balaban J connectivity index is 2.28. The van der Waals surface area contributed by atoms with Crippen LogP contribution in [-0.2, 0) is 5.41 Å². The van der Waals surface area contributed by atoms with Crippen molar-refractivity contribution in [3.63, 3.8) is 0 Å². The molecule has 1 aromatic carbocycles. The topological polar surface area (TPSA) is 17.1 Å². The lowest BCUT2D eigenvalue weighted by molar-refractivity contribution is 0.0963. The van der Waals surface area contributed by atoms with Crippen LogP contribution in [0, 0.1) is 12.7 Å². The van der Waals surface area contributed by atoms with Gasteiger partial charge in [0.2, 0.25) is 0 Å². The van der Waals surface area contributed by atoms with E-state index >= 15 is 0 Å². The highest BCUT2D eigenvalue weighted by Gasteiger charge is 2.49. The maximum atomic E-state index is 13.3. The number of ketones is 1. The molecule has 15 heavy (non-hydrogen) atoms. The fourth-order valence-corrected chi connectivity index (χ4v) is 2.81. The molecule has 0 heterocycles. The van der Waals surface area contributed by atoms with Crippen LogP contribution in [0.4, 0.5) is 4.39 Å². The number of Topliss-reactive ketones (excluding diaryl/α,β-unsaturated/α-hetero) is 1. The molecule has 1 nitrogen and oxygen atoms in total. The number of carbonyl (C=O) groups is 1. The van der Waals surface area contributed by atoms with Crippen LogP contribution < -0.4 is 0 Å². The van der Waals surface area contributed by atoms with Crippen molar-refractivity contribution in [2.24, 2.45) is 0 Å². The van der Waals surface area contributed by atoms with Crippen molar-refractivity contribution in [1.82, 2.24) is 0 Å². The molecule has 2 heteroatoms. The number of aryl methyl sites for hydroxylation is 1. The number of fused-ring (bicyclic) bond motifs is 2. The second-order valence-electron chi connectivity index (χ2n) is 4.85. The third kappa shape index (κ3) is 1.17. The average Bonchev–Trinajstić information content (AvgIpc) is 2.92. The Bertz CT molecular complexity index is 458. The summed E-state index contributed by atoms with van der Waals surface area (Å²) in [4.78, 5) is 11.8. The van der Waals surface area contributed by atoms with E-state index in [1.54, 1.807) is 6.07 Å². The van der Waals surface area contributed by atoms with Crippen LogP contribution in [0.3, 0.4) is 0 Å². The van der Waals surface area contributed by atoms with Gasteiger partial charge in [-0.1, -0.05) is 0 Å². The summed E-state index contributed by atoms with van der Waals surface area (Å²) in [5.74, 6) is -0.00718. The minimum absolute atomic E-state index is 0.163. The number of halogens is 1. The van der Waals surface area contributed by atoms with Gasteiger partial charge in [-0.05, 0) is 54.9 Å². The van der Waals surface area contributed by atoms with Gasteiger partial charge < -0.3 is 0 Å². The zero-order chi connectivity index (χ0) is 10.6. The standard InChI is InChI=1S/C13H13FO/c1-8-6-9(14)7-10-12(8)11(15)2-3-13(10)4-5-13/h6-7H,2-5H2,1H3. The van der Waals surface area contributed by atoms with Crippen LogP contribution in [0.5, 0.6) is 0 Å². The van der Waals surface area contributed by atoms with E-state index in [0.29, 0.717) is 6.42 Å². The molecule has 1 aromatic rings. The number of carbonyl (C=O) groups excluding carboxylic acids is 1. The van der Waals surface area contributed by atoms with E-state index in [4.69, 9.17) is 0 Å². The van der Waals surface area contributed by atoms with Crippen molar-refractivity contribution in [3.8, 4) is 0 Å². The minimum atomic E-state index is -0.202. The van der Waals surface area contributed by atoms with Gasteiger partial charge in [-0.15, -0.1) is 0 Å². The fraction of sp³-hybridized carbons (Fsp3) is 0.462. The summed E-state index contributed by atoms with van der Waals surface area (Å²) in [6, 6.07) is 3.05. The third-order valence-corrected chi connectivity index (χ3v) is 3.83. The SMILES string of the molecule is Cc1cc(F)cc2c1C(=O)CCC21CC1. The van der Waals surface area contributed by atoms with Crippen LogP contribution in [0.25, 0.3) is 0 Å². The zero-order valence-electron chi connectivity index (χ0n) is 8.77. The van der Waals surface area contributed by atoms with E-state index in [1.165, 1.54) is 6.07 Å². The van der Waals surface area contributed by atoms with Crippen molar-refractivity contribution < 1.29 is 9.18 Å². The van der Waals surface area contributed by atoms with Crippen molar-refractivity contribution >= 4 is 5.78 Å². The van der Waals surface area contributed by atoms with Crippen molar-refractivity contribution in [2.45, 2.75) is 38.0 Å². The van der Waals surface area contributed by atoms with Crippen LogP contribution in [0.15, 0.2) is 12.1 Å². The Labute approximate surface area is 88.3 Å². The Morgan fingerprint density at radius 3 is 2.67 bits per heavy atom. The Morgan fingerprint density at radius 1 is 1.27 bits per heavy atom. The van der Waals surface area contributed by atoms with E-state index < -0.39 is 0 Å². The lowest BCUT2D eigenvalue weighted by Crippen LogP contribution is -2.22. The summed E-state index contributed by atoms with van der Waals surface area (Å²) < 4.78 is 13.3. The molecule has 3 rings (SSSR count). The number of benzene rings is 1. The lowest BCUT2D eigenvalue weighted by atomic mass is 9.78. The van der Waals surface area contributed by atoms with Crippen molar-refractivity contribution in [2.75, 3.05) is 0 Å². The van der Waals surface area contributed by atoms with Crippen LogP contribution >= 0.6 is 0 Å². The molecule has 1 fully saturated rings. The van der Waals surface area contributed by atoms with E-state index in [2.05, 4.69) is 0 Å². The molecule has 0 radical (unpaired) electrons. The molecule has 0 aliphatic heterocycles. The highest BCUT2D eigenvalue weighted by atomic mass is 19.1. The number of hydrogen-bond acceptors (Lipinski definition) is 1. The summed E-state index contributed by atoms with van der Waals surface area (Å²) in [7, 11) is 0. The molecule has 0 atom stereocenters. The first-order valence-electron chi connectivity index (χ1n) is 5.46. The normalized spacial score (nSPS) is 21.6. The second-order valence-corrected chi connectivity index (χ2v) is 4.85. The quantitative estimate of drug-likeness (QED) is 0.634. The van der Waals surface area contributed by atoms with Gasteiger partial charge in [0.05, 0.1) is 0 Å². The molecule has 0 N–H and O–H groups in total. The van der Waals surface area contributed by atoms with Crippen LogP contribution in [0.1, 0.15) is 47.2 Å². The third-order valence-electron chi connectivity index (χ3n) is 3.83. The van der Waals surface area contributed by atoms with Gasteiger partial charge in [0.15, 0.2) is 5.78 Å². The Morgan fingerprint density at radius 2 is 2.00 bits per heavy atom. The monoisotopic (exact) mass is 204 g/mol. The molecule has 1 saturated carbocycles. The average molecular weight is 204 g/mol. The molecule has 0 saturated heterocycles. The zero-order valence-corrected chi connectivity index (χ0v) is 8.77. The predicted molar refractivity (Wildman–Crippen MR) is 55.6 cm³/mol. The van der Waals surface area contributed by atoms with Gasteiger partial charge >= 0.3 is 0 Å². The van der Waals surface area contributed by atoms with E-state index in [1.807, 2.05) is 6.92 Å². The lowest BCUT2D eigenvalue weighted by Gasteiger charge is -2.25. The summed E-state index contributed by atoms with van der Waals surface area (Å²) in [6.45, 7) is 1.83. The molecule has 2 aliphatic rings. The minimum Gasteiger partial charge on any atom is -0.294 e. The van der Waals surface area contributed by atoms with E-state index in [9.17, 15) is 9.18 Å². The smallest absolute Gasteiger partial charge is 0.163 e. The molecular weight excluding hydrogens is 191 g/mol. The largest absolute Gasteiger partial charge is 0.294 e. The first kappa shape index (κ1) is 9.08. The van der Waals surface area contributed by atoms with Crippen LogP contribution in [-0.4, -0.2) is 5.78 Å². The highest BCUT2D eigenvalue weighted by Crippen LogP contribution is 2.55. The highest BCUT2D eigenvalue weighted by molar-refractivity contribution is 6.00. The van der Waals surface area contributed by atoms with Gasteiger partial charge in [-0.3, -0.25) is 4.79 Å². The molecular formula is C13H13FO. The maximum absolute atomic E-state index is 13.3. The molecule has 0 bridgehead atoms. The number of rotatable bonds is 0. The Kier molecular flexibility index (Phi) is 1.63. The summed E-state index contributed by atoms with van der Waals surface area (Å²) >= 11 is 0. The Hall–Kier alpha value is -1.18. The van der Waals surface area contributed by atoms with Gasteiger partial charge in [-0.2, -0.15) is 0 Å². The summed E-state index contributed by atoms with van der Waals surface area (Å²) in [5.41, 5.74) is 2.76. The van der Waals surface area contributed by atoms with Gasteiger partial charge in [-0.25, -0.2) is 4.39 Å². The van der Waals surface area contributed by atoms with Gasteiger partial charge in [0.25, 0.3) is 0 Å². The van der Waals surface area contributed by atoms with E-state index in [-0.39, 0.29) is 17.0 Å². The first-order valence-corrected chi connectivity index (χ1v) is 5.46. The number of hydrogen-bond donors (Lipinski definition) is 0. The van der Waals surface area contributed by atoms with Crippen molar-refractivity contribution in [3.05, 3.63) is 34.6 Å². The van der Waals surface area contributed by atoms with Crippen molar-refractivity contribution in [1.29, 1.82) is 0 Å². The molecule has 0 unspecified atom stereocenters. The van der Waals surface area contributed by atoms with Crippen LogP contribution in [0.2, 0.25) is 0 Å². The molecule has 0 aromatic heterocycles. The van der Waals surface area contributed by atoms with E-state index in [0.717, 1.165) is 36.0 Å². The van der Waals surface area contributed by atoms with Gasteiger partial charge in [0.1, 0.15) is 5.82 Å². The molecule has 78 valence electrons.